The fraction of sp³-hybridized carbons (Fsp3) is 0.350. The molecule has 2 rings (SSSR count). The molecule has 128 valence electrons. The topological polar surface area (TPSA) is 38.3 Å². The summed E-state index contributed by atoms with van der Waals surface area (Å²) in [6.07, 6.45) is 1.01. The standard InChI is InChI=1S/C20H24FNO2/c1-4-14(2)17-7-5-6-8-19(17)24-13-20(23)22-12-16-10-9-15(3)18(21)11-16/h5-11,14H,4,12-13H2,1-3H3,(H,22,23). The lowest BCUT2D eigenvalue weighted by molar-refractivity contribution is -0.123. The van der Waals surface area contributed by atoms with Crippen molar-refractivity contribution in [3.05, 3.63) is 65.0 Å². The van der Waals surface area contributed by atoms with Crippen LogP contribution in [0.5, 0.6) is 5.75 Å². The molecule has 2 aromatic carbocycles. The fourth-order valence-corrected chi connectivity index (χ4v) is 2.38. The summed E-state index contributed by atoms with van der Waals surface area (Å²) in [5.74, 6) is 0.624. The minimum absolute atomic E-state index is 0.0538. The number of hydrogen-bond donors (Lipinski definition) is 1. The first kappa shape index (κ1) is 18.0. The van der Waals surface area contributed by atoms with Crippen molar-refractivity contribution in [2.24, 2.45) is 0 Å². The van der Waals surface area contributed by atoms with Crippen molar-refractivity contribution in [3.63, 3.8) is 0 Å². The Labute approximate surface area is 142 Å². The van der Waals surface area contributed by atoms with Gasteiger partial charge in [-0.1, -0.05) is 44.2 Å². The van der Waals surface area contributed by atoms with Gasteiger partial charge in [0.05, 0.1) is 0 Å². The minimum atomic E-state index is -0.263. The highest BCUT2D eigenvalue weighted by molar-refractivity contribution is 5.77. The van der Waals surface area contributed by atoms with Gasteiger partial charge in [-0.15, -0.1) is 0 Å². The third-order valence-electron chi connectivity index (χ3n) is 4.15. The van der Waals surface area contributed by atoms with Crippen LogP contribution in [0.2, 0.25) is 0 Å². The van der Waals surface area contributed by atoms with Crippen molar-refractivity contribution >= 4 is 5.91 Å². The maximum atomic E-state index is 13.5. The summed E-state index contributed by atoms with van der Waals surface area (Å²) in [4.78, 5) is 12.0. The zero-order chi connectivity index (χ0) is 17.5. The molecule has 1 atom stereocenters. The number of halogens is 1. The van der Waals surface area contributed by atoms with Crippen molar-refractivity contribution < 1.29 is 13.9 Å². The maximum Gasteiger partial charge on any atom is 0.258 e. The first-order valence-electron chi connectivity index (χ1n) is 8.24. The molecule has 3 nitrogen and oxygen atoms in total. The number of aryl methyl sites for hydroxylation is 1. The van der Waals surface area contributed by atoms with E-state index >= 15 is 0 Å². The van der Waals surface area contributed by atoms with Crippen LogP contribution in [0.25, 0.3) is 0 Å². The van der Waals surface area contributed by atoms with E-state index in [9.17, 15) is 9.18 Å². The van der Waals surface area contributed by atoms with Crippen LogP contribution < -0.4 is 10.1 Å². The molecule has 0 bridgehead atoms. The van der Waals surface area contributed by atoms with Crippen molar-refractivity contribution in [2.45, 2.75) is 39.7 Å². The molecule has 0 spiro atoms. The lowest BCUT2D eigenvalue weighted by Gasteiger charge is -2.15. The van der Waals surface area contributed by atoms with Crippen LogP contribution in [0.3, 0.4) is 0 Å². The van der Waals surface area contributed by atoms with Gasteiger partial charge in [-0.2, -0.15) is 0 Å². The number of benzene rings is 2. The van der Waals surface area contributed by atoms with Crippen molar-refractivity contribution in [1.82, 2.24) is 5.32 Å². The van der Waals surface area contributed by atoms with Gasteiger partial charge in [0.15, 0.2) is 6.61 Å². The number of carbonyl (C=O) groups is 1. The molecule has 0 saturated heterocycles. The van der Waals surface area contributed by atoms with Crippen LogP contribution >= 0.6 is 0 Å². The number of ether oxygens (including phenoxy) is 1. The molecule has 0 aliphatic rings. The molecule has 0 aliphatic heterocycles. The summed E-state index contributed by atoms with van der Waals surface area (Å²) >= 11 is 0. The number of rotatable bonds is 7. The lowest BCUT2D eigenvalue weighted by Crippen LogP contribution is -2.28. The predicted molar refractivity (Wildman–Crippen MR) is 93.6 cm³/mol. The van der Waals surface area contributed by atoms with Gasteiger partial charge in [0.2, 0.25) is 0 Å². The third-order valence-corrected chi connectivity index (χ3v) is 4.15. The maximum absolute atomic E-state index is 13.5. The van der Waals surface area contributed by atoms with Gasteiger partial charge in [-0.3, -0.25) is 4.79 Å². The van der Waals surface area contributed by atoms with Gasteiger partial charge >= 0.3 is 0 Å². The number of nitrogens with one attached hydrogen (secondary N) is 1. The van der Waals surface area contributed by atoms with Crippen molar-refractivity contribution in [2.75, 3.05) is 6.61 Å². The normalized spacial score (nSPS) is 11.8. The molecule has 0 radical (unpaired) electrons. The van der Waals surface area contributed by atoms with E-state index in [2.05, 4.69) is 19.2 Å². The zero-order valence-electron chi connectivity index (χ0n) is 14.4. The van der Waals surface area contributed by atoms with Gasteiger partial charge < -0.3 is 10.1 Å². The largest absolute Gasteiger partial charge is 0.483 e. The Morgan fingerprint density at radius 1 is 1.25 bits per heavy atom. The third kappa shape index (κ3) is 4.82. The Balaban J connectivity index is 1.88. The van der Waals surface area contributed by atoms with Gasteiger partial charge in [0.25, 0.3) is 5.91 Å². The van der Waals surface area contributed by atoms with Crippen LogP contribution in [-0.2, 0) is 11.3 Å². The SMILES string of the molecule is CCC(C)c1ccccc1OCC(=O)NCc1ccc(C)c(F)c1. The van der Waals surface area contributed by atoms with Crippen LogP contribution in [0.1, 0.15) is 42.9 Å². The molecule has 0 saturated carbocycles. The molecular formula is C20H24FNO2. The quantitative estimate of drug-likeness (QED) is 0.820. The van der Waals surface area contributed by atoms with E-state index in [0.29, 0.717) is 11.5 Å². The highest BCUT2D eigenvalue weighted by Gasteiger charge is 2.11. The van der Waals surface area contributed by atoms with Gasteiger partial charge in [0.1, 0.15) is 11.6 Å². The lowest BCUT2D eigenvalue weighted by atomic mass is 9.98. The first-order valence-corrected chi connectivity index (χ1v) is 8.24. The van der Waals surface area contributed by atoms with Gasteiger partial charge in [-0.25, -0.2) is 4.39 Å². The number of para-hydroxylation sites is 1. The van der Waals surface area contributed by atoms with Crippen LogP contribution in [0.15, 0.2) is 42.5 Å². The Hall–Kier alpha value is -2.36. The second kappa shape index (κ2) is 8.48. The van der Waals surface area contributed by atoms with Crippen molar-refractivity contribution in [1.29, 1.82) is 0 Å². The average molecular weight is 329 g/mol. The molecule has 1 amide bonds. The summed E-state index contributed by atoms with van der Waals surface area (Å²) in [6.45, 7) is 6.19. The monoisotopic (exact) mass is 329 g/mol. The molecule has 0 fully saturated rings. The van der Waals surface area contributed by atoms with Crippen LogP contribution in [0.4, 0.5) is 4.39 Å². The van der Waals surface area contributed by atoms with Gasteiger partial charge in [0, 0.05) is 6.54 Å². The van der Waals surface area contributed by atoms with E-state index in [4.69, 9.17) is 4.74 Å². The molecule has 0 aromatic heterocycles. The Morgan fingerprint density at radius 2 is 2.00 bits per heavy atom. The molecule has 1 unspecified atom stereocenters. The van der Waals surface area contributed by atoms with Crippen LogP contribution in [-0.4, -0.2) is 12.5 Å². The van der Waals surface area contributed by atoms with E-state index in [0.717, 1.165) is 23.3 Å². The minimum Gasteiger partial charge on any atom is -0.483 e. The Bertz CT molecular complexity index is 700. The molecule has 2 aromatic rings. The number of hydrogen-bond acceptors (Lipinski definition) is 2. The fourth-order valence-electron chi connectivity index (χ4n) is 2.38. The zero-order valence-corrected chi connectivity index (χ0v) is 14.4. The average Bonchev–Trinajstić information content (AvgIpc) is 2.60. The highest BCUT2D eigenvalue weighted by Crippen LogP contribution is 2.28. The van der Waals surface area contributed by atoms with Crippen molar-refractivity contribution in [3.8, 4) is 5.75 Å². The second-order valence-electron chi connectivity index (χ2n) is 6.00. The Morgan fingerprint density at radius 3 is 2.71 bits per heavy atom. The Kier molecular flexibility index (Phi) is 6.36. The summed E-state index contributed by atoms with van der Waals surface area (Å²) < 4.78 is 19.2. The summed E-state index contributed by atoms with van der Waals surface area (Å²) in [5.41, 5.74) is 2.43. The smallest absolute Gasteiger partial charge is 0.258 e. The molecular weight excluding hydrogens is 305 g/mol. The molecule has 0 aliphatic carbocycles. The molecule has 24 heavy (non-hydrogen) atoms. The summed E-state index contributed by atoms with van der Waals surface area (Å²) in [6, 6.07) is 12.7. The summed E-state index contributed by atoms with van der Waals surface area (Å²) in [5, 5.41) is 2.75. The van der Waals surface area contributed by atoms with E-state index < -0.39 is 0 Å². The van der Waals surface area contributed by atoms with Crippen LogP contribution in [0, 0.1) is 12.7 Å². The van der Waals surface area contributed by atoms with E-state index in [-0.39, 0.29) is 24.9 Å². The van der Waals surface area contributed by atoms with Gasteiger partial charge in [-0.05, 0) is 48.1 Å². The first-order chi connectivity index (χ1) is 11.5. The van der Waals surface area contributed by atoms with E-state index in [1.54, 1.807) is 19.1 Å². The predicted octanol–water partition coefficient (Wildman–Crippen LogP) is 4.34. The van der Waals surface area contributed by atoms with E-state index in [1.165, 1.54) is 6.07 Å². The number of carbonyl (C=O) groups excluding carboxylic acids is 1. The molecule has 1 N–H and O–H groups in total. The van der Waals surface area contributed by atoms with E-state index in [1.807, 2.05) is 24.3 Å². The molecule has 0 heterocycles. The highest BCUT2D eigenvalue weighted by atomic mass is 19.1. The number of amides is 1. The summed E-state index contributed by atoms with van der Waals surface area (Å²) in [7, 11) is 0. The molecule has 4 heteroatoms. The second-order valence-corrected chi connectivity index (χ2v) is 6.00.